The number of nitrogens with one attached hydrogen (secondary N) is 1. The molecular weight excluding hydrogens is 174 g/mol. The number of nitrogens with two attached hydrogens (primary N) is 1. The van der Waals surface area contributed by atoms with E-state index in [2.05, 4.69) is 17.2 Å². The topological polar surface area (TPSA) is 50.9 Å². The molecular formula is C11H19N3. The Balaban J connectivity index is 2.73. The van der Waals surface area contributed by atoms with Gasteiger partial charge in [-0.05, 0) is 19.5 Å². The average Bonchev–Trinajstić information content (AvgIpc) is 2.21. The van der Waals surface area contributed by atoms with E-state index >= 15 is 0 Å². The highest BCUT2D eigenvalue weighted by Gasteiger charge is 2.11. The lowest BCUT2D eigenvalue weighted by Gasteiger charge is -2.17. The quantitative estimate of drug-likeness (QED) is 0.753. The molecule has 1 heterocycles. The Morgan fingerprint density at radius 1 is 1.57 bits per heavy atom. The van der Waals surface area contributed by atoms with Gasteiger partial charge in [-0.3, -0.25) is 0 Å². The number of rotatable bonds is 5. The van der Waals surface area contributed by atoms with Crippen molar-refractivity contribution < 1.29 is 0 Å². The van der Waals surface area contributed by atoms with Crippen LogP contribution in [-0.2, 0) is 0 Å². The van der Waals surface area contributed by atoms with Crippen LogP contribution in [0.4, 0.5) is 5.82 Å². The van der Waals surface area contributed by atoms with E-state index in [-0.39, 0.29) is 0 Å². The molecule has 3 nitrogen and oxygen atoms in total. The van der Waals surface area contributed by atoms with Gasteiger partial charge in [0, 0.05) is 17.8 Å². The largest absolute Gasteiger partial charge is 0.383 e. The minimum Gasteiger partial charge on any atom is -0.383 e. The Morgan fingerprint density at radius 3 is 2.93 bits per heavy atom. The molecule has 1 aromatic rings. The first-order chi connectivity index (χ1) is 6.79. The maximum atomic E-state index is 5.82. The summed E-state index contributed by atoms with van der Waals surface area (Å²) in [5, 5.41) is 3.27. The van der Waals surface area contributed by atoms with E-state index in [9.17, 15) is 0 Å². The molecule has 0 aliphatic rings. The molecule has 1 atom stereocenters. The molecule has 78 valence electrons. The van der Waals surface area contributed by atoms with E-state index < -0.39 is 0 Å². The number of unbranched alkanes of at least 4 members (excludes halogenated alkanes) is 1. The average molecular weight is 193 g/mol. The number of anilines is 1. The molecule has 1 unspecified atom stereocenters. The molecule has 0 saturated carbocycles. The zero-order valence-electron chi connectivity index (χ0n) is 8.96. The molecule has 0 radical (unpaired) electrons. The van der Waals surface area contributed by atoms with Gasteiger partial charge >= 0.3 is 0 Å². The van der Waals surface area contributed by atoms with Gasteiger partial charge in [0.25, 0.3) is 0 Å². The van der Waals surface area contributed by atoms with Gasteiger partial charge in [-0.1, -0.05) is 25.8 Å². The molecule has 14 heavy (non-hydrogen) atoms. The van der Waals surface area contributed by atoms with Crippen LogP contribution in [0, 0.1) is 0 Å². The van der Waals surface area contributed by atoms with Gasteiger partial charge in [-0.15, -0.1) is 0 Å². The minimum absolute atomic E-state index is 0.337. The monoisotopic (exact) mass is 193 g/mol. The van der Waals surface area contributed by atoms with Crippen LogP contribution in [0.15, 0.2) is 18.3 Å². The van der Waals surface area contributed by atoms with Crippen molar-refractivity contribution >= 4 is 5.82 Å². The molecule has 0 spiro atoms. The molecule has 0 bridgehead atoms. The Kier molecular flexibility index (Phi) is 4.40. The van der Waals surface area contributed by atoms with Crippen LogP contribution in [0.25, 0.3) is 0 Å². The molecule has 3 N–H and O–H groups in total. The van der Waals surface area contributed by atoms with Crippen molar-refractivity contribution in [3.63, 3.8) is 0 Å². The van der Waals surface area contributed by atoms with Gasteiger partial charge < -0.3 is 11.1 Å². The van der Waals surface area contributed by atoms with E-state index in [1.807, 2.05) is 19.2 Å². The first-order valence-corrected chi connectivity index (χ1v) is 5.17. The van der Waals surface area contributed by atoms with Crippen LogP contribution < -0.4 is 11.1 Å². The van der Waals surface area contributed by atoms with Gasteiger partial charge in [0.1, 0.15) is 5.82 Å². The van der Waals surface area contributed by atoms with Crippen LogP contribution in [-0.4, -0.2) is 12.0 Å². The first-order valence-electron chi connectivity index (χ1n) is 5.17. The summed E-state index contributed by atoms with van der Waals surface area (Å²) in [5.74, 6) is 0.642. The zero-order chi connectivity index (χ0) is 10.4. The molecule has 0 fully saturated rings. The third kappa shape index (κ3) is 2.70. The summed E-state index contributed by atoms with van der Waals surface area (Å²) in [5.41, 5.74) is 6.93. The van der Waals surface area contributed by atoms with Crippen molar-refractivity contribution in [2.45, 2.75) is 32.2 Å². The summed E-state index contributed by atoms with van der Waals surface area (Å²) >= 11 is 0. The summed E-state index contributed by atoms with van der Waals surface area (Å²) in [4.78, 5) is 4.09. The number of hydrogen-bond donors (Lipinski definition) is 2. The molecule has 0 aliphatic carbocycles. The molecule has 0 aromatic carbocycles. The van der Waals surface area contributed by atoms with E-state index in [4.69, 9.17) is 5.73 Å². The van der Waals surface area contributed by atoms with Crippen LogP contribution >= 0.6 is 0 Å². The Labute approximate surface area is 85.7 Å². The van der Waals surface area contributed by atoms with Gasteiger partial charge in [-0.25, -0.2) is 4.98 Å². The van der Waals surface area contributed by atoms with Crippen LogP contribution in [0.1, 0.15) is 37.8 Å². The third-order valence-corrected chi connectivity index (χ3v) is 2.44. The molecule has 0 aliphatic heterocycles. The molecule has 3 heteroatoms. The fourth-order valence-electron chi connectivity index (χ4n) is 1.59. The maximum Gasteiger partial charge on any atom is 0.128 e. The summed E-state index contributed by atoms with van der Waals surface area (Å²) in [7, 11) is 1.97. The van der Waals surface area contributed by atoms with Crippen molar-refractivity contribution in [3.8, 4) is 0 Å². The second-order valence-electron chi connectivity index (χ2n) is 3.46. The standard InChI is InChI=1S/C11H19N3/c1-3-4-7-10(13-2)9-6-5-8-14-11(9)12/h5-6,8,10,13H,3-4,7H2,1-2H3,(H2,12,14). The fraction of sp³-hybridized carbons (Fsp3) is 0.545. The van der Waals surface area contributed by atoms with Crippen molar-refractivity contribution in [2.75, 3.05) is 12.8 Å². The third-order valence-electron chi connectivity index (χ3n) is 2.44. The summed E-state index contributed by atoms with van der Waals surface area (Å²) < 4.78 is 0. The lowest BCUT2D eigenvalue weighted by Crippen LogP contribution is -2.18. The molecule has 1 aromatic heterocycles. The molecule has 0 saturated heterocycles. The number of hydrogen-bond acceptors (Lipinski definition) is 3. The first kappa shape index (κ1) is 11.0. The second-order valence-corrected chi connectivity index (χ2v) is 3.46. The number of pyridine rings is 1. The van der Waals surface area contributed by atoms with E-state index in [0.29, 0.717) is 11.9 Å². The fourth-order valence-corrected chi connectivity index (χ4v) is 1.59. The second kappa shape index (κ2) is 5.60. The SMILES string of the molecule is CCCCC(NC)c1cccnc1N. The maximum absolute atomic E-state index is 5.82. The molecule has 0 amide bonds. The van der Waals surface area contributed by atoms with Gasteiger partial charge in [0.05, 0.1) is 0 Å². The summed E-state index contributed by atoms with van der Waals surface area (Å²) in [6.45, 7) is 2.19. The molecule has 1 rings (SSSR count). The predicted molar refractivity (Wildman–Crippen MR) is 60.0 cm³/mol. The van der Waals surface area contributed by atoms with Crippen LogP contribution in [0.5, 0.6) is 0 Å². The number of nitrogen functional groups attached to an aromatic ring is 1. The van der Waals surface area contributed by atoms with Gasteiger partial charge in [0.2, 0.25) is 0 Å². The smallest absolute Gasteiger partial charge is 0.128 e. The number of aromatic nitrogens is 1. The van der Waals surface area contributed by atoms with Gasteiger partial charge in [0.15, 0.2) is 0 Å². The van der Waals surface area contributed by atoms with Crippen molar-refractivity contribution in [1.82, 2.24) is 10.3 Å². The lowest BCUT2D eigenvalue weighted by molar-refractivity contribution is 0.523. The van der Waals surface area contributed by atoms with Crippen molar-refractivity contribution in [2.24, 2.45) is 0 Å². The highest BCUT2D eigenvalue weighted by Crippen LogP contribution is 2.22. The Bertz CT molecular complexity index is 273. The van der Waals surface area contributed by atoms with Gasteiger partial charge in [-0.2, -0.15) is 0 Å². The summed E-state index contributed by atoms with van der Waals surface area (Å²) in [6, 6.07) is 4.31. The normalized spacial score (nSPS) is 12.7. The predicted octanol–water partition coefficient (Wildman–Crippen LogP) is 2.11. The minimum atomic E-state index is 0.337. The Morgan fingerprint density at radius 2 is 2.36 bits per heavy atom. The number of nitrogens with zero attached hydrogens (tertiary/aromatic N) is 1. The van der Waals surface area contributed by atoms with Crippen LogP contribution in [0.2, 0.25) is 0 Å². The lowest BCUT2D eigenvalue weighted by atomic mass is 10.0. The zero-order valence-corrected chi connectivity index (χ0v) is 8.96. The van der Waals surface area contributed by atoms with E-state index in [1.54, 1.807) is 6.20 Å². The van der Waals surface area contributed by atoms with E-state index in [1.165, 1.54) is 12.8 Å². The van der Waals surface area contributed by atoms with E-state index in [0.717, 1.165) is 12.0 Å². The van der Waals surface area contributed by atoms with Crippen LogP contribution in [0.3, 0.4) is 0 Å². The van der Waals surface area contributed by atoms with Crippen molar-refractivity contribution in [3.05, 3.63) is 23.9 Å². The Hall–Kier alpha value is -1.09. The highest BCUT2D eigenvalue weighted by molar-refractivity contribution is 5.40. The van der Waals surface area contributed by atoms with Crippen molar-refractivity contribution in [1.29, 1.82) is 0 Å². The highest BCUT2D eigenvalue weighted by atomic mass is 14.9. The summed E-state index contributed by atoms with van der Waals surface area (Å²) in [6.07, 6.45) is 5.26.